The molecule has 4 bridgehead atoms. The number of carbonyl (C=O) groups is 1. The molecule has 0 aliphatic heterocycles. The molecule has 0 spiro atoms. The molecule has 0 atom stereocenters. The summed E-state index contributed by atoms with van der Waals surface area (Å²) in [7, 11) is -3.73. The van der Waals surface area contributed by atoms with E-state index in [-0.39, 0.29) is 15.5 Å². The summed E-state index contributed by atoms with van der Waals surface area (Å²) >= 11 is 6.21. The van der Waals surface area contributed by atoms with Crippen LogP contribution in [0.1, 0.15) is 55.3 Å². The van der Waals surface area contributed by atoms with E-state index in [9.17, 15) is 13.2 Å². The predicted octanol–water partition coefficient (Wildman–Crippen LogP) is 5.48. The fourth-order valence-electron chi connectivity index (χ4n) is 6.70. The van der Waals surface area contributed by atoms with E-state index in [2.05, 4.69) is 10.0 Å². The first-order valence-electron chi connectivity index (χ1n) is 11.5. The number of carbonyl (C=O) groups excluding carboxylic acids is 1. The first-order valence-corrected chi connectivity index (χ1v) is 13.3. The van der Waals surface area contributed by atoms with Crippen LogP contribution in [-0.2, 0) is 10.0 Å². The Morgan fingerprint density at radius 2 is 1.59 bits per heavy atom. The molecule has 170 valence electrons. The second kappa shape index (κ2) is 8.47. The molecular weight excluding hydrogens is 444 g/mol. The molecule has 7 heteroatoms. The van der Waals surface area contributed by atoms with Crippen molar-refractivity contribution in [3.05, 3.63) is 59.1 Å². The fourth-order valence-corrected chi connectivity index (χ4v) is 7.96. The molecule has 4 aliphatic carbocycles. The molecule has 2 aromatic rings. The van der Waals surface area contributed by atoms with Gasteiger partial charge in [-0.15, -0.1) is 0 Å². The number of para-hydroxylation sites is 1. The van der Waals surface area contributed by atoms with Crippen LogP contribution in [0.25, 0.3) is 0 Å². The number of amides is 1. The minimum atomic E-state index is -3.73. The second-order valence-electron chi connectivity index (χ2n) is 10.0. The Labute approximate surface area is 195 Å². The van der Waals surface area contributed by atoms with E-state index in [1.54, 1.807) is 12.1 Å². The zero-order valence-corrected chi connectivity index (χ0v) is 19.6. The zero-order chi connectivity index (χ0) is 22.3. The van der Waals surface area contributed by atoms with Gasteiger partial charge >= 0.3 is 0 Å². The lowest BCUT2D eigenvalue weighted by Gasteiger charge is -2.57. The van der Waals surface area contributed by atoms with E-state index >= 15 is 0 Å². The quantitative estimate of drug-likeness (QED) is 0.560. The first-order chi connectivity index (χ1) is 15.3. The van der Waals surface area contributed by atoms with Gasteiger partial charge in [0.1, 0.15) is 0 Å². The highest BCUT2D eigenvalue weighted by atomic mass is 35.5. The molecule has 2 aromatic carbocycles. The van der Waals surface area contributed by atoms with Gasteiger partial charge in [-0.3, -0.25) is 4.79 Å². The molecule has 4 fully saturated rings. The lowest BCUT2D eigenvalue weighted by Crippen LogP contribution is -2.47. The Bertz CT molecular complexity index is 1080. The molecule has 0 radical (unpaired) electrons. The smallest absolute Gasteiger partial charge is 0.257 e. The van der Waals surface area contributed by atoms with Gasteiger partial charge in [-0.1, -0.05) is 29.8 Å². The minimum Gasteiger partial charge on any atom is -0.322 e. The molecule has 1 amide bonds. The monoisotopic (exact) mass is 472 g/mol. The summed E-state index contributed by atoms with van der Waals surface area (Å²) in [5, 5.41) is 2.97. The second-order valence-corrected chi connectivity index (χ2v) is 12.2. The van der Waals surface area contributed by atoms with Crippen molar-refractivity contribution >= 4 is 33.2 Å². The van der Waals surface area contributed by atoms with E-state index in [1.165, 1.54) is 56.7 Å². The maximum Gasteiger partial charge on any atom is 0.257 e. The average molecular weight is 473 g/mol. The Balaban J connectivity index is 1.26. The summed E-state index contributed by atoms with van der Waals surface area (Å²) in [6, 6.07) is 13.3. The normalized spacial score (nSPS) is 28.6. The van der Waals surface area contributed by atoms with Gasteiger partial charge in [-0.25, -0.2) is 13.1 Å². The van der Waals surface area contributed by atoms with E-state index in [1.807, 2.05) is 18.2 Å². The van der Waals surface area contributed by atoms with Gasteiger partial charge in [-0.2, -0.15) is 0 Å². The molecule has 6 rings (SSSR count). The summed E-state index contributed by atoms with van der Waals surface area (Å²) in [6.45, 7) is 0.433. The molecule has 5 nitrogen and oxygen atoms in total. The summed E-state index contributed by atoms with van der Waals surface area (Å²) in [5.74, 6) is 2.10. The van der Waals surface area contributed by atoms with Crippen molar-refractivity contribution in [2.45, 2.75) is 49.8 Å². The predicted molar refractivity (Wildman–Crippen MR) is 126 cm³/mol. The minimum absolute atomic E-state index is 0.0608. The summed E-state index contributed by atoms with van der Waals surface area (Å²) < 4.78 is 28.7. The van der Waals surface area contributed by atoms with Crippen molar-refractivity contribution in [1.29, 1.82) is 0 Å². The molecule has 0 aromatic heterocycles. The zero-order valence-electron chi connectivity index (χ0n) is 18.0. The van der Waals surface area contributed by atoms with Crippen LogP contribution in [0.5, 0.6) is 0 Å². The summed E-state index contributed by atoms with van der Waals surface area (Å²) in [4.78, 5) is 12.7. The Hall–Kier alpha value is -1.89. The van der Waals surface area contributed by atoms with Crippen molar-refractivity contribution in [3.8, 4) is 0 Å². The number of halogens is 1. The van der Waals surface area contributed by atoms with E-state index in [4.69, 9.17) is 11.6 Å². The molecule has 0 heterocycles. The Kier molecular flexibility index (Phi) is 5.81. The van der Waals surface area contributed by atoms with Crippen LogP contribution >= 0.6 is 11.6 Å². The SMILES string of the molecule is O=C(Nc1ccccc1)c1cc(S(=O)(=O)NCCC23CC4CC(CC(C4)C2)C3)ccc1Cl. The number of hydrogen-bond donors (Lipinski definition) is 2. The summed E-state index contributed by atoms with van der Waals surface area (Å²) in [6.07, 6.45) is 8.80. The van der Waals surface area contributed by atoms with Gasteiger partial charge in [0.2, 0.25) is 10.0 Å². The van der Waals surface area contributed by atoms with Crippen molar-refractivity contribution < 1.29 is 13.2 Å². The van der Waals surface area contributed by atoms with Crippen molar-refractivity contribution in [2.75, 3.05) is 11.9 Å². The lowest BCUT2D eigenvalue weighted by molar-refractivity contribution is -0.0561. The Morgan fingerprint density at radius 3 is 2.22 bits per heavy atom. The van der Waals surface area contributed by atoms with Crippen molar-refractivity contribution in [1.82, 2.24) is 4.72 Å². The fraction of sp³-hybridized carbons (Fsp3) is 0.480. The van der Waals surface area contributed by atoms with Crippen LogP contribution in [0.2, 0.25) is 5.02 Å². The van der Waals surface area contributed by atoms with Gasteiger partial charge < -0.3 is 5.32 Å². The highest BCUT2D eigenvalue weighted by Crippen LogP contribution is 2.61. The first kappa shape index (κ1) is 21.9. The van der Waals surface area contributed by atoms with Crippen LogP contribution in [-0.4, -0.2) is 20.9 Å². The van der Waals surface area contributed by atoms with Crippen molar-refractivity contribution in [3.63, 3.8) is 0 Å². The molecule has 32 heavy (non-hydrogen) atoms. The maximum absolute atomic E-state index is 13.0. The highest BCUT2D eigenvalue weighted by molar-refractivity contribution is 7.89. The van der Waals surface area contributed by atoms with Crippen LogP contribution in [0.3, 0.4) is 0 Å². The standard InChI is InChI=1S/C25H29ClN2O3S/c26-23-7-6-21(13-22(23)24(29)28-20-4-2-1-3-5-20)32(30,31)27-9-8-25-14-17-10-18(15-25)12-19(11-17)16-25/h1-7,13,17-19,27H,8-12,14-16H2,(H,28,29). The van der Waals surface area contributed by atoms with E-state index in [0.717, 1.165) is 24.2 Å². The van der Waals surface area contributed by atoms with Crippen LogP contribution in [0, 0.1) is 23.2 Å². The van der Waals surface area contributed by atoms with Gasteiger partial charge in [0.05, 0.1) is 15.5 Å². The van der Waals surface area contributed by atoms with Crippen LogP contribution < -0.4 is 10.0 Å². The van der Waals surface area contributed by atoms with Gasteiger partial charge in [0.25, 0.3) is 5.91 Å². The molecule has 0 unspecified atom stereocenters. The summed E-state index contributed by atoms with van der Waals surface area (Å²) in [5.41, 5.74) is 1.08. The van der Waals surface area contributed by atoms with Gasteiger partial charge in [0, 0.05) is 12.2 Å². The third-order valence-corrected chi connectivity index (χ3v) is 9.43. The largest absolute Gasteiger partial charge is 0.322 e. The van der Waals surface area contributed by atoms with Crippen LogP contribution in [0.4, 0.5) is 5.69 Å². The lowest BCUT2D eigenvalue weighted by atomic mass is 9.49. The maximum atomic E-state index is 13.0. The van der Waals surface area contributed by atoms with Gasteiger partial charge in [0.15, 0.2) is 0 Å². The molecular formula is C25H29ClN2O3S. The van der Waals surface area contributed by atoms with Gasteiger partial charge in [-0.05, 0) is 98.4 Å². The van der Waals surface area contributed by atoms with Crippen LogP contribution in [0.15, 0.2) is 53.4 Å². The number of anilines is 1. The van der Waals surface area contributed by atoms with Crippen molar-refractivity contribution in [2.24, 2.45) is 23.2 Å². The number of rotatable bonds is 7. The molecule has 2 N–H and O–H groups in total. The number of hydrogen-bond acceptors (Lipinski definition) is 3. The highest BCUT2D eigenvalue weighted by Gasteiger charge is 2.50. The average Bonchev–Trinajstić information content (AvgIpc) is 2.73. The third-order valence-electron chi connectivity index (χ3n) is 7.64. The number of benzene rings is 2. The van der Waals surface area contributed by atoms with E-state index in [0.29, 0.717) is 17.6 Å². The number of sulfonamides is 1. The Morgan fingerprint density at radius 1 is 0.969 bits per heavy atom. The topological polar surface area (TPSA) is 75.3 Å². The van der Waals surface area contributed by atoms with E-state index < -0.39 is 15.9 Å². The molecule has 0 saturated heterocycles. The number of nitrogens with one attached hydrogen (secondary N) is 2. The molecule has 4 aliphatic rings. The third kappa shape index (κ3) is 4.45. The molecule has 4 saturated carbocycles.